The van der Waals surface area contributed by atoms with Crippen molar-refractivity contribution < 1.29 is 32.6 Å². The largest absolute Gasteiger partial charge is 0.481 e. The highest BCUT2D eigenvalue weighted by Gasteiger charge is 2.47. The number of carbonyl (C=O) groups excluding carboxylic acids is 1. The molecule has 2 amide bonds. The molecule has 0 spiro atoms. The van der Waals surface area contributed by atoms with Gasteiger partial charge in [0, 0.05) is 13.6 Å². The molecule has 1 saturated heterocycles. The minimum atomic E-state index is -4.35. The lowest BCUT2D eigenvalue weighted by Gasteiger charge is -2.28. The predicted molar refractivity (Wildman–Crippen MR) is 62.2 cm³/mol. The summed E-state index contributed by atoms with van der Waals surface area (Å²) in [7, 11) is 1.22. The lowest BCUT2D eigenvalue weighted by atomic mass is 9.85. The summed E-state index contributed by atoms with van der Waals surface area (Å²) in [5.74, 6) is -1.13. The van der Waals surface area contributed by atoms with Crippen LogP contribution in [0.25, 0.3) is 0 Å². The quantitative estimate of drug-likeness (QED) is 0.813. The Morgan fingerprint density at radius 3 is 2.60 bits per heavy atom. The van der Waals surface area contributed by atoms with E-state index < -0.39 is 42.6 Å². The number of carboxylic acid groups (broad SMARTS) is 1. The molecule has 0 aromatic rings. The molecule has 1 rings (SSSR count). The first kappa shape index (κ1) is 16.5. The average Bonchev–Trinajstić information content (AvgIpc) is 2.68. The fourth-order valence-electron chi connectivity index (χ4n) is 1.74. The van der Waals surface area contributed by atoms with E-state index in [1.54, 1.807) is 0 Å². The monoisotopic (exact) mass is 298 g/mol. The number of carboxylic acids is 1. The fourth-order valence-corrected chi connectivity index (χ4v) is 1.74. The van der Waals surface area contributed by atoms with Gasteiger partial charge >= 0.3 is 18.2 Å². The Labute approximate surface area is 113 Å². The number of hydrogen-bond acceptors (Lipinski definition) is 3. The Balaban J connectivity index is 2.55. The summed E-state index contributed by atoms with van der Waals surface area (Å²) in [4.78, 5) is 23.7. The molecule has 9 heteroatoms. The Kier molecular flexibility index (Phi) is 4.85. The Morgan fingerprint density at radius 1 is 1.50 bits per heavy atom. The van der Waals surface area contributed by atoms with Crippen LogP contribution < -0.4 is 5.32 Å². The molecule has 0 aromatic heterocycles. The summed E-state index contributed by atoms with van der Waals surface area (Å²) in [6.07, 6.45) is -5.46. The number of urea groups is 1. The van der Waals surface area contributed by atoms with Crippen LogP contribution in [-0.4, -0.2) is 61.0 Å². The second-order valence-electron chi connectivity index (χ2n) is 5.03. The number of aliphatic carboxylic acids is 1. The highest BCUT2D eigenvalue weighted by molar-refractivity contribution is 5.79. The lowest BCUT2D eigenvalue weighted by molar-refractivity contribution is -0.148. The van der Waals surface area contributed by atoms with Crippen molar-refractivity contribution in [2.24, 2.45) is 5.41 Å². The molecule has 6 nitrogen and oxygen atoms in total. The molecule has 1 heterocycles. The molecule has 0 aliphatic carbocycles. The van der Waals surface area contributed by atoms with Gasteiger partial charge in [0.05, 0.1) is 25.7 Å². The van der Waals surface area contributed by atoms with Gasteiger partial charge < -0.3 is 20.1 Å². The summed E-state index contributed by atoms with van der Waals surface area (Å²) in [5.41, 5.74) is -1.28. The highest BCUT2D eigenvalue weighted by Crippen LogP contribution is 2.28. The van der Waals surface area contributed by atoms with Crippen LogP contribution in [0.4, 0.5) is 18.0 Å². The Hall–Kier alpha value is -1.51. The minimum absolute atomic E-state index is 0.0155. The molecule has 1 fully saturated rings. The number of rotatable bonds is 4. The van der Waals surface area contributed by atoms with E-state index in [9.17, 15) is 22.8 Å². The maximum atomic E-state index is 12.1. The van der Waals surface area contributed by atoms with Gasteiger partial charge in [-0.25, -0.2) is 4.79 Å². The third kappa shape index (κ3) is 3.99. The molecular formula is C11H17F3N2O4. The van der Waals surface area contributed by atoms with E-state index in [2.05, 4.69) is 5.32 Å². The smallest absolute Gasteiger partial charge is 0.390 e. The molecule has 1 aliphatic rings. The first-order valence-corrected chi connectivity index (χ1v) is 5.96. The maximum Gasteiger partial charge on any atom is 0.390 e. The van der Waals surface area contributed by atoms with Crippen molar-refractivity contribution in [3.8, 4) is 0 Å². The highest BCUT2D eigenvalue weighted by atomic mass is 19.4. The van der Waals surface area contributed by atoms with Crippen LogP contribution in [0.5, 0.6) is 0 Å². The van der Waals surface area contributed by atoms with Crippen molar-refractivity contribution in [1.29, 1.82) is 0 Å². The van der Waals surface area contributed by atoms with Gasteiger partial charge in [-0.3, -0.25) is 4.79 Å². The van der Waals surface area contributed by atoms with Gasteiger partial charge in [-0.2, -0.15) is 13.2 Å². The van der Waals surface area contributed by atoms with Crippen molar-refractivity contribution in [2.75, 3.05) is 26.8 Å². The van der Waals surface area contributed by atoms with E-state index in [1.165, 1.54) is 14.0 Å². The standard InChI is InChI=1S/C11H17F3N2O4/c1-10(8(17)18)6-20-5-7(10)15-9(19)16(2)4-3-11(12,13)14/h7H,3-6H2,1-2H3,(H,15,19)(H,17,18). The molecular weight excluding hydrogens is 281 g/mol. The SMILES string of the molecule is CN(CCC(F)(F)F)C(=O)NC1COCC1(C)C(=O)O. The summed E-state index contributed by atoms with van der Waals surface area (Å²) in [6, 6.07) is -1.53. The van der Waals surface area contributed by atoms with Crippen LogP contribution >= 0.6 is 0 Å². The number of nitrogens with zero attached hydrogens (tertiary/aromatic N) is 1. The topological polar surface area (TPSA) is 78.9 Å². The molecule has 2 atom stereocenters. The molecule has 20 heavy (non-hydrogen) atoms. The van der Waals surface area contributed by atoms with E-state index in [4.69, 9.17) is 9.84 Å². The van der Waals surface area contributed by atoms with E-state index in [0.29, 0.717) is 0 Å². The fraction of sp³-hybridized carbons (Fsp3) is 0.818. The number of ether oxygens (including phenoxy) is 1. The third-order valence-corrected chi connectivity index (χ3v) is 3.32. The second kappa shape index (κ2) is 5.86. The number of carbonyl (C=O) groups is 2. The number of hydrogen-bond donors (Lipinski definition) is 2. The molecule has 0 saturated carbocycles. The van der Waals surface area contributed by atoms with Crippen LogP contribution in [0.1, 0.15) is 13.3 Å². The Morgan fingerprint density at radius 2 is 2.10 bits per heavy atom. The molecule has 116 valence electrons. The van der Waals surface area contributed by atoms with Crippen LogP contribution in [0.15, 0.2) is 0 Å². The summed E-state index contributed by atoms with van der Waals surface area (Å²) in [6.45, 7) is 0.886. The van der Waals surface area contributed by atoms with Crippen molar-refractivity contribution in [3.63, 3.8) is 0 Å². The van der Waals surface area contributed by atoms with E-state index >= 15 is 0 Å². The lowest BCUT2D eigenvalue weighted by Crippen LogP contribution is -2.53. The van der Waals surface area contributed by atoms with Gasteiger partial charge in [-0.1, -0.05) is 0 Å². The Bertz CT molecular complexity index is 388. The number of nitrogens with one attached hydrogen (secondary N) is 1. The number of halogens is 3. The van der Waals surface area contributed by atoms with Crippen LogP contribution in [0.3, 0.4) is 0 Å². The molecule has 2 N–H and O–H groups in total. The van der Waals surface area contributed by atoms with Gasteiger partial charge in [0.1, 0.15) is 5.41 Å². The van der Waals surface area contributed by atoms with E-state index in [1.807, 2.05) is 0 Å². The third-order valence-electron chi connectivity index (χ3n) is 3.32. The molecule has 2 unspecified atom stereocenters. The minimum Gasteiger partial charge on any atom is -0.481 e. The molecule has 0 bridgehead atoms. The van der Waals surface area contributed by atoms with Crippen molar-refractivity contribution in [3.05, 3.63) is 0 Å². The first-order chi connectivity index (χ1) is 9.06. The van der Waals surface area contributed by atoms with Crippen LogP contribution in [-0.2, 0) is 9.53 Å². The first-order valence-electron chi connectivity index (χ1n) is 5.96. The number of amides is 2. The average molecular weight is 298 g/mol. The normalized spacial score (nSPS) is 26.4. The van der Waals surface area contributed by atoms with Crippen molar-refractivity contribution in [2.45, 2.75) is 25.6 Å². The van der Waals surface area contributed by atoms with Crippen LogP contribution in [0, 0.1) is 5.41 Å². The molecule has 1 aliphatic heterocycles. The van der Waals surface area contributed by atoms with Gasteiger partial charge in [0.25, 0.3) is 0 Å². The van der Waals surface area contributed by atoms with Gasteiger partial charge in [0.2, 0.25) is 0 Å². The van der Waals surface area contributed by atoms with Gasteiger partial charge in [-0.15, -0.1) is 0 Å². The van der Waals surface area contributed by atoms with Crippen molar-refractivity contribution in [1.82, 2.24) is 10.2 Å². The zero-order valence-electron chi connectivity index (χ0n) is 11.2. The molecule has 0 radical (unpaired) electrons. The second-order valence-corrected chi connectivity index (χ2v) is 5.03. The zero-order chi connectivity index (χ0) is 15.6. The van der Waals surface area contributed by atoms with Gasteiger partial charge in [0.15, 0.2) is 0 Å². The number of alkyl halides is 3. The molecule has 0 aromatic carbocycles. The maximum absolute atomic E-state index is 12.1. The summed E-state index contributed by atoms with van der Waals surface area (Å²) < 4.78 is 41.2. The summed E-state index contributed by atoms with van der Waals surface area (Å²) >= 11 is 0. The van der Waals surface area contributed by atoms with Crippen LogP contribution in [0.2, 0.25) is 0 Å². The van der Waals surface area contributed by atoms with E-state index in [-0.39, 0.29) is 13.2 Å². The van der Waals surface area contributed by atoms with E-state index in [0.717, 1.165) is 4.90 Å². The van der Waals surface area contributed by atoms with Gasteiger partial charge in [-0.05, 0) is 6.92 Å². The zero-order valence-corrected chi connectivity index (χ0v) is 11.2. The summed E-state index contributed by atoms with van der Waals surface area (Å²) in [5, 5.41) is 11.5. The van der Waals surface area contributed by atoms with Crippen molar-refractivity contribution >= 4 is 12.0 Å². The predicted octanol–water partition coefficient (Wildman–Crippen LogP) is 1.07.